The predicted octanol–water partition coefficient (Wildman–Crippen LogP) is 2.01. The molecule has 94 valence electrons. The van der Waals surface area contributed by atoms with Crippen LogP contribution >= 0.6 is 0 Å². The maximum Gasteiger partial charge on any atom is 0.225 e. The molecule has 1 rings (SSSR count). The monoisotopic (exact) mass is 236 g/mol. The van der Waals surface area contributed by atoms with Crippen molar-refractivity contribution in [3.8, 4) is 5.75 Å². The van der Waals surface area contributed by atoms with Gasteiger partial charge in [-0.2, -0.15) is 0 Å². The maximum absolute atomic E-state index is 11.5. The van der Waals surface area contributed by atoms with Gasteiger partial charge < -0.3 is 10.1 Å². The Morgan fingerprint density at radius 1 is 1.35 bits per heavy atom. The summed E-state index contributed by atoms with van der Waals surface area (Å²) in [5.74, 6) is 0.878. The molecule has 0 atom stereocenters. The Morgan fingerprint density at radius 2 is 2.00 bits per heavy atom. The molecule has 17 heavy (non-hydrogen) atoms. The molecule has 4 heteroatoms. The fraction of sp³-hybridized carbons (Fsp3) is 0.538. The number of amides is 1. The van der Waals surface area contributed by atoms with Gasteiger partial charge in [0.05, 0.1) is 6.61 Å². The van der Waals surface area contributed by atoms with Crippen molar-refractivity contribution in [1.82, 2.24) is 10.3 Å². The minimum atomic E-state index is -0.327. The van der Waals surface area contributed by atoms with Gasteiger partial charge in [0.2, 0.25) is 5.91 Å². The number of nitrogens with one attached hydrogen (secondary N) is 1. The van der Waals surface area contributed by atoms with E-state index in [4.69, 9.17) is 4.74 Å². The van der Waals surface area contributed by atoms with Crippen LogP contribution in [0, 0.1) is 5.41 Å². The van der Waals surface area contributed by atoms with E-state index in [0.29, 0.717) is 13.2 Å². The molecular weight excluding hydrogens is 216 g/mol. The van der Waals surface area contributed by atoms with Gasteiger partial charge in [0.1, 0.15) is 5.75 Å². The molecular formula is C13H20N2O2. The van der Waals surface area contributed by atoms with Crippen LogP contribution in [0.25, 0.3) is 0 Å². The molecule has 1 amide bonds. The number of pyridine rings is 1. The van der Waals surface area contributed by atoms with E-state index in [0.717, 1.165) is 12.2 Å². The van der Waals surface area contributed by atoms with Gasteiger partial charge in [-0.25, -0.2) is 0 Å². The lowest BCUT2D eigenvalue weighted by Gasteiger charge is -2.17. The first kappa shape index (κ1) is 13.5. The minimum absolute atomic E-state index is 0.0708. The lowest BCUT2D eigenvalue weighted by Crippen LogP contribution is -2.35. The van der Waals surface area contributed by atoms with Crippen molar-refractivity contribution in [1.29, 1.82) is 0 Å². The molecule has 0 aliphatic heterocycles. The second-order valence-electron chi connectivity index (χ2n) is 4.89. The summed E-state index contributed by atoms with van der Waals surface area (Å²) in [6.07, 6.45) is 4.18. The average Bonchev–Trinajstić information content (AvgIpc) is 2.28. The number of nitrogens with zero attached hydrogens (tertiary/aromatic N) is 1. The van der Waals surface area contributed by atoms with Crippen LogP contribution < -0.4 is 10.1 Å². The lowest BCUT2D eigenvalue weighted by molar-refractivity contribution is -0.128. The summed E-state index contributed by atoms with van der Waals surface area (Å²) in [5, 5.41) is 2.88. The van der Waals surface area contributed by atoms with Crippen LogP contribution in [-0.2, 0) is 4.79 Å². The lowest BCUT2D eigenvalue weighted by atomic mass is 9.96. The van der Waals surface area contributed by atoms with Crippen molar-refractivity contribution < 1.29 is 9.53 Å². The summed E-state index contributed by atoms with van der Waals surface area (Å²) in [6.45, 7) is 6.93. The Labute approximate surface area is 102 Å². The highest BCUT2D eigenvalue weighted by molar-refractivity contribution is 5.81. The van der Waals surface area contributed by atoms with Crippen LogP contribution in [-0.4, -0.2) is 24.0 Å². The fourth-order valence-corrected chi connectivity index (χ4v) is 1.16. The summed E-state index contributed by atoms with van der Waals surface area (Å²) >= 11 is 0. The number of rotatable bonds is 5. The van der Waals surface area contributed by atoms with Crippen molar-refractivity contribution in [2.24, 2.45) is 5.41 Å². The Bertz CT molecular complexity index is 344. The minimum Gasteiger partial charge on any atom is -0.493 e. The largest absolute Gasteiger partial charge is 0.493 e. The van der Waals surface area contributed by atoms with Gasteiger partial charge in [-0.05, 0) is 18.6 Å². The van der Waals surface area contributed by atoms with Gasteiger partial charge in [-0.3, -0.25) is 9.78 Å². The first-order valence-electron chi connectivity index (χ1n) is 5.81. The van der Waals surface area contributed by atoms with Gasteiger partial charge >= 0.3 is 0 Å². The van der Waals surface area contributed by atoms with E-state index in [2.05, 4.69) is 10.3 Å². The Hall–Kier alpha value is -1.58. The molecule has 1 aromatic heterocycles. The first-order valence-corrected chi connectivity index (χ1v) is 5.81. The number of carbonyl (C=O) groups excluding carboxylic acids is 1. The van der Waals surface area contributed by atoms with Gasteiger partial charge in [0, 0.05) is 24.4 Å². The van der Waals surface area contributed by atoms with Gasteiger partial charge in [0.15, 0.2) is 0 Å². The van der Waals surface area contributed by atoms with Crippen LogP contribution in [0.15, 0.2) is 24.5 Å². The molecule has 0 aliphatic rings. The predicted molar refractivity (Wildman–Crippen MR) is 66.8 cm³/mol. The van der Waals surface area contributed by atoms with Crippen molar-refractivity contribution >= 4 is 5.91 Å². The Morgan fingerprint density at radius 3 is 2.59 bits per heavy atom. The molecule has 1 aromatic rings. The van der Waals surface area contributed by atoms with E-state index in [1.165, 1.54) is 0 Å². The van der Waals surface area contributed by atoms with E-state index in [-0.39, 0.29) is 11.3 Å². The molecule has 0 unspecified atom stereocenters. The normalized spacial score (nSPS) is 11.0. The zero-order valence-corrected chi connectivity index (χ0v) is 10.7. The summed E-state index contributed by atoms with van der Waals surface area (Å²) in [6, 6.07) is 3.63. The molecule has 0 fully saturated rings. The first-order chi connectivity index (χ1) is 8.00. The highest BCUT2D eigenvalue weighted by Crippen LogP contribution is 2.12. The maximum atomic E-state index is 11.5. The molecule has 0 spiro atoms. The molecule has 0 bridgehead atoms. The van der Waals surface area contributed by atoms with Crippen LogP contribution in [0.1, 0.15) is 27.2 Å². The number of aromatic nitrogens is 1. The van der Waals surface area contributed by atoms with E-state index in [1.807, 2.05) is 32.9 Å². The second-order valence-corrected chi connectivity index (χ2v) is 4.89. The molecule has 0 saturated carbocycles. The Balaban J connectivity index is 2.12. The van der Waals surface area contributed by atoms with E-state index in [1.54, 1.807) is 12.4 Å². The van der Waals surface area contributed by atoms with E-state index < -0.39 is 0 Å². The third-order valence-electron chi connectivity index (χ3n) is 2.21. The van der Waals surface area contributed by atoms with Gasteiger partial charge in [0.25, 0.3) is 0 Å². The molecule has 0 aliphatic carbocycles. The Kier molecular flexibility index (Phi) is 4.94. The third kappa shape index (κ3) is 5.33. The number of hydrogen-bond acceptors (Lipinski definition) is 3. The highest BCUT2D eigenvalue weighted by Gasteiger charge is 2.19. The zero-order valence-electron chi connectivity index (χ0n) is 10.7. The van der Waals surface area contributed by atoms with Crippen molar-refractivity contribution in [3.05, 3.63) is 24.5 Å². The van der Waals surface area contributed by atoms with Crippen LogP contribution in [0.3, 0.4) is 0 Å². The molecule has 0 aromatic carbocycles. The smallest absolute Gasteiger partial charge is 0.225 e. The second kappa shape index (κ2) is 6.23. The topological polar surface area (TPSA) is 51.2 Å². The van der Waals surface area contributed by atoms with Crippen LogP contribution in [0.2, 0.25) is 0 Å². The van der Waals surface area contributed by atoms with Crippen molar-refractivity contribution in [2.45, 2.75) is 27.2 Å². The van der Waals surface area contributed by atoms with E-state index >= 15 is 0 Å². The third-order valence-corrected chi connectivity index (χ3v) is 2.21. The highest BCUT2D eigenvalue weighted by atomic mass is 16.5. The number of hydrogen-bond donors (Lipinski definition) is 1. The quantitative estimate of drug-likeness (QED) is 0.796. The van der Waals surface area contributed by atoms with E-state index in [9.17, 15) is 4.79 Å². The van der Waals surface area contributed by atoms with Gasteiger partial charge in [-0.1, -0.05) is 20.8 Å². The summed E-state index contributed by atoms with van der Waals surface area (Å²) in [5.41, 5.74) is -0.327. The summed E-state index contributed by atoms with van der Waals surface area (Å²) < 4.78 is 5.48. The van der Waals surface area contributed by atoms with Crippen molar-refractivity contribution in [2.75, 3.05) is 13.2 Å². The van der Waals surface area contributed by atoms with Crippen molar-refractivity contribution in [3.63, 3.8) is 0 Å². The zero-order chi connectivity index (χ0) is 12.7. The molecule has 1 N–H and O–H groups in total. The standard InChI is InChI=1S/C13H20N2O2/c1-13(2,3)12(16)15-7-4-10-17-11-5-8-14-9-6-11/h5-6,8-9H,4,7,10H2,1-3H3,(H,15,16). The number of carbonyl (C=O) groups is 1. The summed E-state index contributed by atoms with van der Waals surface area (Å²) in [4.78, 5) is 15.4. The average molecular weight is 236 g/mol. The molecule has 0 radical (unpaired) electrons. The number of ether oxygens (including phenoxy) is 1. The van der Waals surface area contributed by atoms with Crippen LogP contribution in [0.5, 0.6) is 5.75 Å². The SMILES string of the molecule is CC(C)(C)C(=O)NCCCOc1ccncc1. The molecule has 0 saturated heterocycles. The summed E-state index contributed by atoms with van der Waals surface area (Å²) in [7, 11) is 0. The van der Waals surface area contributed by atoms with Gasteiger partial charge in [-0.15, -0.1) is 0 Å². The van der Waals surface area contributed by atoms with Crippen LogP contribution in [0.4, 0.5) is 0 Å². The molecule has 4 nitrogen and oxygen atoms in total. The fourth-order valence-electron chi connectivity index (χ4n) is 1.16. The molecule has 1 heterocycles.